The van der Waals surface area contributed by atoms with Crippen LogP contribution >= 0.6 is 0 Å². The highest BCUT2D eigenvalue weighted by Crippen LogP contribution is 2.40. The molecule has 14 nitrogen and oxygen atoms in total. The summed E-state index contributed by atoms with van der Waals surface area (Å²) in [5, 5.41) is 7.22. The van der Waals surface area contributed by atoms with Gasteiger partial charge in [0.05, 0.1) is 30.5 Å². The number of aromatic amines is 2. The van der Waals surface area contributed by atoms with Crippen molar-refractivity contribution in [1.29, 1.82) is 0 Å². The lowest BCUT2D eigenvalue weighted by molar-refractivity contribution is -0.147. The second kappa shape index (κ2) is 20.5. The number of nitrogens with zero attached hydrogens (tertiary/aromatic N) is 2. The van der Waals surface area contributed by atoms with Gasteiger partial charge in [0.25, 0.3) is 0 Å². The van der Waals surface area contributed by atoms with Crippen molar-refractivity contribution in [1.82, 2.24) is 30.4 Å². The number of fused-ring (bicyclic) bond motifs is 2. The van der Waals surface area contributed by atoms with Gasteiger partial charge in [0.1, 0.15) is 35.7 Å². The zero-order valence-corrected chi connectivity index (χ0v) is 38.1. The van der Waals surface area contributed by atoms with E-state index in [4.69, 9.17) is 9.47 Å². The summed E-state index contributed by atoms with van der Waals surface area (Å²) < 4.78 is 41.3. The highest BCUT2D eigenvalue weighted by molar-refractivity contribution is 5.97. The van der Waals surface area contributed by atoms with E-state index in [1.165, 1.54) is 38.1 Å². The number of ketones is 1. The average Bonchev–Trinajstić information content (AvgIpc) is 4.03. The maximum Gasteiger partial charge on any atom is 0.302 e. The fourth-order valence-corrected chi connectivity index (χ4v) is 9.35. The first-order chi connectivity index (χ1) is 30.5. The van der Waals surface area contributed by atoms with E-state index >= 15 is 0 Å². The van der Waals surface area contributed by atoms with Crippen LogP contribution in [0.1, 0.15) is 98.1 Å². The summed E-state index contributed by atoms with van der Waals surface area (Å²) in [6, 6.07) is 6.51. The molecule has 3 amide bonds. The number of esters is 2. The van der Waals surface area contributed by atoms with Crippen molar-refractivity contribution < 1.29 is 47.0 Å². The Hall–Kier alpha value is -5.64. The van der Waals surface area contributed by atoms with Crippen LogP contribution in [0, 0.1) is 23.5 Å². The van der Waals surface area contributed by atoms with Crippen LogP contribution in [0.4, 0.5) is 8.78 Å². The number of Topliss-reactive ketones (excluding diaryl/α,β-unsaturated/α-hetero) is 1. The Labute approximate surface area is 372 Å². The number of likely N-dealkylation sites (tertiary alicyclic amines) is 2. The van der Waals surface area contributed by atoms with E-state index in [1.54, 1.807) is 42.8 Å². The standard InChI is InChI=1S/C48H62F2N6O8/c1-9-25(4)46(60)54-40(11-3)48(62)56-24-35(64-28(7)58)20-33(56)22-39-37-15-13-31(50)18-42(37)53-45(39)44-38(36-14-12-30(49)17-41(36)52-44)21-32-19-34(63-27(6)57)23-55(32)47(61)29(10-2)16-43(59)26(5)51-8/h12-15,17-18,25-26,29,32-35,40,51-53H,9-11,16,19-24H2,1-8H3,(H,54,60)/t25-,26+,29-,32?,33+,34+,35+,40+/m1/s1. The predicted molar refractivity (Wildman–Crippen MR) is 238 cm³/mol. The first-order valence-electron chi connectivity index (χ1n) is 22.5. The van der Waals surface area contributed by atoms with Crippen molar-refractivity contribution in [2.75, 3.05) is 20.1 Å². The molecule has 16 heteroatoms. The average molecular weight is 889 g/mol. The third-order valence-corrected chi connectivity index (χ3v) is 13.1. The second-order valence-electron chi connectivity index (χ2n) is 17.5. The number of carbonyl (C=O) groups is 6. The molecule has 64 heavy (non-hydrogen) atoms. The molecule has 346 valence electrons. The highest BCUT2D eigenvalue weighted by Gasteiger charge is 2.43. The molecule has 1 unspecified atom stereocenters. The van der Waals surface area contributed by atoms with E-state index in [0.29, 0.717) is 70.9 Å². The summed E-state index contributed by atoms with van der Waals surface area (Å²) in [6.07, 6.45) is 1.22. The number of hydrogen-bond acceptors (Lipinski definition) is 9. The number of likely N-dealkylation sites (N-methyl/N-ethyl adjacent to an activating group) is 1. The lowest BCUT2D eigenvalue weighted by atomic mass is 9.93. The van der Waals surface area contributed by atoms with Gasteiger partial charge in [-0.1, -0.05) is 27.7 Å². The van der Waals surface area contributed by atoms with Gasteiger partial charge in [0, 0.05) is 78.8 Å². The summed E-state index contributed by atoms with van der Waals surface area (Å²) in [4.78, 5) is 89.6. The van der Waals surface area contributed by atoms with Crippen molar-refractivity contribution in [3.63, 3.8) is 0 Å². The van der Waals surface area contributed by atoms with Crippen LogP contribution in [0.3, 0.4) is 0 Å². The Morgan fingerprint density at radius 2 is 1.22 bits per heavy atom. The number of ether oxygens (including phenoxy) is 2. The molecule has 8 atom stereocenters. The molecule has 4 aromatic rings. The summed E-state index contributed by atoms with van der Waals surface area (Å²) in [5.41, 5.74) is 3.49. The minimum Gasteiger partial charge on any atom is -0.461 e. The van der Waals surface area contributed by atoms with Crippen LogP contribution in [0.25, 0.3) is 33.2 Å². The summed E-state index contributed by atoms with van der Waals surface area (Å²) >= 11 is 0. The molecule has 2 aliphatic rings. The van der Waals surface area contributed by atoms with Gasteiger partial charge in [0.15, 0.2) is 0 Å². The molecule has 0 bridgehead atoms. The van der Waals surface area contributed by atoms with Gasteiger partial charge in [-0.05, 0) is 93.6 Å². The fraction of sp³-hybridized carbons (Fsp3) is 0.542. The van der Waals surface area contributed by atoms with Crippen molar-refractivity contribution in [2.45, 2.75) is 136 Å². The molecule has 2 aromatic heterocycles. The van der Waals surface area contributed by atoms with Crippen LogP contribution in [-0.4, -0.2) is 112 Å². The van der Waals surface area contributed by atoms with E-state index in [0.717, 1.165) is 5.56 Å². The molecule has 0 saturated carbocycles. The van der Waals surface area contributed by atoms with Crippen LogP contribution in [-0.2, 0) is 51.1 Å². The van der Waals surface area contributed by atoms with Crippen LogP contribution in [0.15, 0.2) is 36.4 Å². The maximum atomic E-state index is 15.0. The molecular formula is C48H62F2N6O8. The number of carbonyl (C=O) groups excluding carboxylic acids is 6. The van der Waals surface area contributed by atoms with Gasteiger partial charge in [-0.2, -0.15) is 0 Å². The maximum absolute atomic E-state index is 15.0. The number of amides is 3. The zero-order valence-electron chi connectivity index (χ0n) is 38.1. The molecule has 6 rings (SSSR count). The van der Waals surface area contributed by atoms with Gasteiger partial charge in [0.2, 0.25) is 17.7 Å². The van der Waals surface area contributed by atoms with Gasteiger partial charge in [-0.15, -0.1) is 0 Å². The molecule has 2 aromatic carbocycles. The van der Waals surface area contributed by atoms with Crippen molar-refractivity contribution >= 4 is 57.2 Å². The SMILES string of the molecule is CC[C@H](CC(=O)[C@H](C)NC)C(=O)N1C[C@@H](OC(C)=O)CC1Cc1c(-c2[nH]c3cc(F)ccc3c2C[C@@H]2C[C@H](OC(C)=O)CN2C(=O)[C@H](CC)NC(=O)[C@H](C)CC)[nH]c2cc(F)ccc12. The Morgan fingerprint density at radius 1 is 0.734 bits per heavy atom. The van der Waals surface area contributed by atoms with Crippen LogP contribution < -0.4 is 10.6 Å². The monoisotopic (exact) mass is 888 g/mol. The van der Waals surface area contributed by atoms with E-state index in [1.807, 2.05) is 20.8 Å². The number of halogens is 2. The summed E-state index contributed by atoms with van der Waals surface area (Å²) in [7, 11) is 1.69. The molecule has 2 aliphatic heterocycles. The predicted octanol–water partition coefficient (Wildman–Crippen LogP) is 6.28. The summed E-state index contributed by atoms with van der Waals surface area (Å²) in [6.45, 7) is 12.0. The Bertz CT molecular complexity index is 2230. The van der Waals surface area contributed by atoms with Gasteiger partial charge >= 0.3 is 11.9 Å². The van der Waals surface area contributed by atoms with E-state index in [-0.39, 0.29) is 61.8 Å². The molecule has 4 N–H and O–H groups in total. The number of benzene rings is 2. The Balaban J connectivity index is 1.44. The lowest BCUT2D eigenvalue weighted by Gasteiger charge is -2.29. The van der Waals surface area contributed by atoms with E-state index < -0.39 is 65.9 Å². The first kappa shape index (κ1) is 47.8. The summed E-state index contributed by atoms with van der Waals surface area (Å²) in [5.74, 6) is -3.72. The third-order valence-electron chi connectivity index (χ3n) is 13.1. The number of hydrogen-bond donors (Lipinski definition) is 4. The Kier molecular flexibility index (Phi) is 15.3. The number of rotatable bonds is 18. The molecule has 4 heterocycles. The van der Waals surface area contributed by atoms with E-state index in [2.05, 4.69) is 20.6 Å². The molecule has 0 spiro atoms. The smallest absolute Gasteiger partial charge is 0.302 e. The molecule has 2 saturated heterocycles. The first-order valence-corrected chi connectivity index (χ1v) is 22.5. The number of aromatic nitrogens is 2. The molecule has 0 aliphatic carbocycles. The minimum absolute atomic E-state index is 0.0353. The van der Waals surface area contributed by atoms with Gasteiger partial charge < -0.3 is 39.9 Å². The van der Waals surface area contributed by atoms with E-state index in [9.17, 15) is 37.5 Å². The Morgan fingerprint density at radius 3 is 1.64 bits per heavy atom. The highest BCUT2D eigenvalue weighted by atomic mass is 19.1. The quantitative estimate of drug-likeness (QED) is 0.0836. The van der Waals surface area contributed by atoms with Crippen LogP contribution in [0.5, 0.6) is 0 Å². The number of nitrogens with one attached hydrogen (secondary N) is 4. The van der Waals surface area contributed by atoms with Gasteiger partial charge in [-0.25, -0.2) is 8.78 Å². The fourth-order valence-electron chi connectivity index (χ4n) is 9.35. The van der Waals surface area contributed by atoms with Crippen LogP contribution in [0.2, 0.25) is 0 Å². The minimum atomic E-state index is -0.822. The second-order valence-corrected chi connectivity index (χ2v) is 17.5. The largest absolute Gasteiger partial charge is 0.461 e. The molecular weight excluding hydrogens is 827 g/mol. The van der Waals surface area contributed by atoms with Crippen molar-refractivity contribution in [3.05, 3.63) is 59.2 Å². The zero-order chi connectivity index (χ0) is 46.6. The lowest BCUT2D eigenvalue weighted by Crippen LogP contribution is -2.51. The van der Waals surface area contributed by atoms with Gasteiger partial charge in [-0.3, -0.25) is 28.8 Å². The normalized spacial score (nSPS) is 20.6. The number of H-pyrrole nitrogens is 2. The third kappa shape index (κ3) is 10.5. The van der Waals surface area contributed by atoms with Crippen molar-refractivity contribution in [2.24, 2.45) is 11.8 Å². The topological polar surface area (TPSA) is 183 Å². The molecule has 2 fully saturated rings. The molecule has 0 radical (unpaired) electrons. The van der Waals surface area contributed by atoms with Crippen molar-refractivity contribution in [3.8, 4) is 11.4 Å².